The first-order valence-electron chi connectivity index (χ1n) is 15.7. The summed E-state index contributed by atoms with van der Waals surface area (Å²) in [5.41, 5.74) is 0.866. The minimum Gasteiger partial charge on any atom is -0.444 e. The Hall–Kier alpha value is -3.53. The van der Waals surface area contributed by atoms with Gasteiger partial charge < -0.3 is 19.9 Å². The first-order chi connectivity index (χ1) is 20.9. The number of likely N-dealkylation sites (tertiary alicyclic amines) is 1. The zero-order chi connectivity index (χ0) is 31.9. The van der Waals surface area contributed by atoms with Gasteiger partial charge in [0.1, 0.15) is 17.2 Å². The Morgan fingerprint density at radius 1 is 1.02 bits per heavy atom. The fraction of sp³-hybridized carbons (Fsp3) is 0.559. The Morgan fingerprint density at radius 2 is 1.73 bits per heavy atom. The molecule has 0 bridgehead atoms. The lowest BCUT2D eigenvalue weighted by Crippen LogP contribution is -2.58. The third-order valence-corrected chi connectivity index (χ3v) is 8.12. The minimum atomic E-state index is -0.694. The molecule has 44 heavy (non-hydrogen) atoms. The first-order valence-corrected chi connectivity index (χ1v) is 15.7. The predicted molar refractivity (Wildman–Crippen MR) is 165 cm³/mol. The molecule has 3 amide bonds. The molecule has 0 aromatic heterocycles. The highest BCUT2D eigenvalue weighted by molar-refractivity contribution is 5.89. The Bertz CT molecular complexity index is 1270. The van der Waals surface area contributed by atoms with Crippen molar-refractivity contribution in [3.05, 3.63) is 71.3 Å². The van der Waals surface area contributed by atoms with Crippen LogP contribution in [0.15, 0.2) is 48.5 Å². The summed E-state index contributed by atoms with van der Waals surface area (Å²) in [7, 11) is 0. The number of piperazine rings is 1. The fourth-order valence-corrected chi connectivity index (χ4v) is 6.03. The number of nitrogens with zero attached hydrogens (tertiary/aromatic N) is 3. The number of carbonyl (C=O) groups excluding carboxylic acids is 3. The van der Waals surface area contributed by atoms with E-state index in [2.05, 4.69) is 29.3 Å². The summed E-state index contributed by atoms with van der Waals surface area (Å²) in [6.07, 6.45) is 2.03. The Morgan fingerprint density at radius 3 is 2.39 bits per heavy atom. The van der Waals surface area contributed by atoms with Crippen molar-refractivity contribution < 1.29 is 27.9 Å². The van der Waals surface area contributed by atoms with E-state index >= 15 is 0 Å². The third-order valence-electron chi connectivity index (χ3n) is 8.12. The summed E-state index contributed by atoms with van der Waals surface area (Å²) >= 11 is 0. The van der Waals surface area contributed by atoms with Crippen LogP contribution in [0.1, 0.15) is 64.5 Å². The van der Waals surface area contributed by atoms with Crippen molar-refractivity contribution in [1.29, 1.82) is 0 Å². The van der Waals surface area contributed by atoms with Crippen LogP contribution in [-0.2, 0) is 27.3 Å². The second kappa shape index (κ2) is 15.0. The van der Waals surface area contributed by atoms with Crippen LogP contribution >= 0.6 is 0 Å². The molecule has 2 aromatic rings. The van der Waals surface area contributed by atoms with Crippen molar-refractivity contribution in [2.24, 2.45) is 5.92 Å². The van der Waals surface area contributed by atoms with Crippen molar-refractivity contribution in [3.8, 4) is 0 Å². The largest absolute Gasteiger partial charge is 0.444 e. The first kappa shape index (κ1) is 33.4. The van der Waals surface area contributed by atoms with Gasteiger partial charge in [-0.3, -0.25) is 14.5 Å². The van der Waals surface area contributed by atoms with Crippen LogP contribution in [0, 0.1) is 17.6 Å². The van der Waals surface area contributed by atoms with Crippen LogP contribution < -0.4 is 5.32 Å². The second-order valence-electron chi connectivity index (χ2n) is 13.1. The lowest BCUT2D eigenvalue weighted by atomic mass is 9.95. The smallest absolute Gasteiger partial charge is 0.410 e. The summed E-state index contributed by atoms with van der Waals surface area (Å²) in [5.74, 6) is -2.20. The van der Waals surface area contributed by atoms with Crippen molar-refractivity contribution in [2.75, 3.05) is 32.7 Å². The molecule has 2 fully saturated rings. The standard InChI is InChI=1S/C34H46F2N4O4/c1-5-6-12-39-22-26(18-31(39)41)32(42)37-29(17-25-15-27(35)19-28(36)16-25)20-30-23-38(21-24-10-8-7-9-11-24)13-14-40(30)33(43)44-34(2,3)4/h7-11,15-16,19,26,29-30H,5-6,12-14,17-18,20-23H2,1-4H3,(H,37,42)/t26-,29?,30-/m0/s1. The topological polar surface area (TPSA) is 82.2 Å². The van der Waals surface area contributed by atoms with E-state index < -0.39 is 35.3 Å². The molecular formula is C34H46F2N4O4. The molecule has 3 atom stereocenters. The van der Waals surface area contributed by atoms with E-state index in [-0.39, 0.29) is 30.7 Å². The van der Waals surface area contributed by atoms with Gasteiger partial charge in [0.15, 0.2) is 0 Å². The average molecular weight is 613 g/mol. The zero-order valence-corrected chi connectivity index (χ0v) is 26.4. The number of ether oxygens (including phenoxy) is 1. The number of amides is 3. The molecule has 2 aliphatic rings. The van der Waals surface area contributed by atoms with E-state index in [0.717, 1.165) is 24.5 Å². The summed E-state index contributed by atoms with van der Waals surface area (Å²) in [4.78, 5) is 45.2. The van der Waals surface area contributed by atoms with Gasteiger partial charge in [0.25, 0.3) is 0 Å². The normalized spacial score (nSPS) is 20.1. The van der Waals surface area contributed by atoms with Crippen molar-refractivity contribution in [1.82, 2.24) is 20.0 Å². The number of carbonyl (C=O) groups is 3. The van der Waals surface area contributed by atoms with Crippen LogP contribution in [0.25, 0.3) is 0 Å². The summed E-state index contributed by atoms with van der Waals surface area (Å²) in [5, 5.41) is 3.10. The van der Waals surface area contributed by atoms with Crippen LogP contribution in [0.3, 0.4) is 0 Å². The number of rotatable bonds is 11. The van der Waals surface area contributed by atoms with Crippen LogP contribution in [-0.4, -0.2) is 83.0 Å². The Labute approximate surface area is 259 Å². The van der Waals surface area contributed by atoms with Crippen LogP contribution in [0.4, 0.5) is 13.6 Å². The number of benzene rings is 2. The predicted octanol–water partition coefficient (Wildman–Crippen LogP) is 5.15. The van der Waals surface area contributed by atoms with E-state index in [4.69, 9.17) is 4.74 Å². The zero-order valence-electron chi connectivity index (χ0n) is 26.4. The maximum absolute atomic E-state index is 14.2. The van der Waals surface area contributed by atoms with Crippen molar-refractivity contribution in [2.45, 2.75) is 84.0 Å². The molecule has 10 heteroatoms. The van der Waals surface area contributed by atoms with Gasteiger partial charge in [0, 0.05) is 63.8 Å². The van der Waals surface area contributed by atoms with Gasteiger partial charge >= 0.3 is 6.09 Å². The highest BCUT2D eigenvalue weighted by Crippen LogP contribution is 2.24. The van der Waals surface area contributed by atoms with Crippen molar-refractivity contribution >= 4 is 17.9 Å². The molecule has 2 heterocycles. The van der Waals surface area contributed by atoms with E-state index in [1.807, 2.05) is 39.0 Å². The molecule has 1 N–H and O–H groups in total. The average Bonchev–Trinajstić information content (AvgIpc) is 3.31. The van der Waals surface area contributed by atoms with Gasteiger partial charge in [-0.25, -0.2) is 13.6 Å². The highest BCUT2D eigenvalue weighted by atomic mass is 19.1. The fourth-order valence-electron chi connectivity index (χ4n) is 6.03. The number of halogens is 2. The maximum atomic E-state index is 14.2. The van der Waals surface area contributed by atoms with Gasteiger partial charge in [-0.1, -0.05) is 43.7 Å². The Kier molecular flexibility index (Phi) is 11.4. The van der Waals surface area contributed by atoms with Gasteiger partial charge in [-0.05, 0) is 63.3 Å². The molecule has 2 aliphatic heterocycles. The highest BCUT2D eigenvalue weighted by Gasteiger charge is 2.38. The van der Waals surface area contributed by atoms with E-state index in [0.29, 0.717) is 51.3 Å². The van der Waals surface area contributed by atoms with E-state index in [1.54, 1.807) is 9.80 Å². The monoisotopic (exact) mass is 612 g/mol. The summed E-state index contributed by atoms with van der Waals surface area (Å²) in [6, 6.07) is 12.5. The maximum Gasteiger partial charge on any atom is 0.410 e. The van der Waals surface area contributed by atoms with Gasteiger partial charge in [0.05, 0.1) is 5.92 Å². The van der Waals surface area contributed by atoms with Crippen LogP contribution in [0.5, 0.6) is 0 Å². The quantitative estimate of drug-likeness (QED) is 0.380. The third kappa shape index (κ3) is 9.74. The number of hydrogen-bond acceptors (Lipinski definition) is 5. The number of hydrogen-bond donors (Lipinski definition) is 1. The number of nitrogens with one attached hydrogen (secondary N) is 1. The van der Waals surface area contributed by atoms with E-state index in [9.17, 15) is 23.2 Å². The molecule has 0 aliphatic carbocycles. The minimum absolute atomic E-state index is 0.0395. The van der Waals surface area contributed by atoms with E-state index in [1.165, 1.54) is 12.1 Å². The summed E-state index contributed by atoms with van der Waals surface area (Å²) < 4.78 is 34.1. The lowest BCUT2D eigenvalue weighted by Gasteiger charge is -2.43. The molecule has 0 spiro atoms. The summed E-state index contributed by atoms with van der Waals surface area (Å²) in [6.45, 7) is 10.8. The van der Waals surface area contributed by atoms with Gasteiger partial charge in [-0.15, -0.1) is 0 Å². The van der Waals surface area contributed by atoms with Crippen LogP contribution in [0.2, 0.25) is 0 Å². The Balaban J connectivity index is 1.56. The second-order valence-corrected chi connectivity index (χ2v) is 13.1. The molecule has 240 valence electrons. The molecule has 4 rings (SSSR count). The molecule has 2 saturated heterocycles. The van der Waals surface area contributed by atoms with Gasteiger partial charge in [-0.2, -0.15) is 0 Å². The number of unbranched alkanes of at least 4 members (excludes halogenated alkanes) is 1. The molecule has 8 nitrogen and oxygen atoms in total. The SMILES string of the molecule is CCCCN1C[C@@H](C(=O)NC(Cc2cc(F)cc(F)c2)C[C@H]2CN(Cc3ccccc3)CCN2C(=O)OC(C)(C)C)CC1=O. The molecule has 2 aromatic carbocycles. The molecule has 0 saturated carbocycles. The van der Waals surface area contributed by atoms with Gasteiger partial charge in [0.2, 0.25) is 11.8 Å². The molecule has 0 radical (unpaired) electrons. The van der Waals surface area contributed by atoms with Crippen molar-refractivity contribution in [3.63, 3.8) is 0 Å². The molecule has 1 unspecified atom stereocenters. The lowest BCUT2D eigenvalue weighted by molar-refractivity contribution is -0.129. The molecular weight excluding hydrogens is 566 g/mol.